The lowest BCUT2D eigenvalue weighted by Gasteiger charge is -2.22. The number of nitrogens with one attached hydrogen (secondary N) is 1. The summed E-state index contributed by atoms with van der Waals surface area (Å²) in [6.07, 6.45) is 0.200. The smallest absolute Gasteiger partial charge is 0.229 e. The first-order valence-corrected chi connectivity index (χ1v) is 9.09. The number of benzene rings is 2. The highest BCUT2D eigenvalue weighted by molar-refractivity contribution is 6.03. The van der Waals surface area contributed by atoms with E-state index < -0.39 is 0 Å². The van der Waals surface area contributed by atoms with Crippen molar-refractivity contribution in [2.45, 2.75) is 20.3 Å². The van der Waals surface area contributed by atoms with Crippen molar-refractivity contribution in [3.05, 3.63) is 47.5 Å². The molecule has 2 aliphatic heterocycles. The standard InChI is InChI=1S/C21H22N2O4/c1-13-3-4-14(2)17(9-13)22-21(25)15-10-20(24)23(12-15)16-5-6-18-19(11-16)27-8-7-26-18/h3-6,9,11,15H,7-8,10,12H2,1-2H3,(H,22,25)/t15-/m1/s1. The topological polar surface area (TPSA) is 67.9 Å². The predicted molar refractivity (Wildman–Crippen MR) is 102 cm³/mol. The number of amides is 2. The molecule has 2 aliphatic rings. The lowest BCUT2D eigenvalue weighted by molar-refractivity contribution is -0.122. The van der Waals surface area contributed by atoms with E-state index in [1.807, 2.05) is 38.1 Å². The molecule has 1 saturated heterocycles. The maximum absolute atomic E-state index is 12.7. The lowest BCUT2D eigenvalue weighted by atomic mass is 10.1. The monoisotopic (exact) mass is 366 g/mol. The van der Waals surface area contributed by atoms with Gasteiger partial charge in [0.05, 0.1) is 5.92 Å². The Kier molecular flexibility index (Phi) is 4.48. The molecule has 0 aromatic heterocycles. The summed E-state index contributed by atoms with van der Waals surface area (Å²) in [4.78, 5) is 26.8. The summed E-state index contributed by atoms with van der Waals surface area (Å²) >= 11 is 0. The number of ether oxygens (including phenoxy) is 2. The van der Waals surface area contributed by atoms with Gasteiger partial charge in [0, 0.05) is 30.4 Å². The Labute approximate surface area is 158 Å². The van der Waals surface area contributed by atoms with E-state index in [0.717, 1.165) is 22.5 Å². The SMILES string of the molecule is Cc1ccc(C)c(NC(=O)[C@@H]2CC(=O)N(c3ccc4c(c3)OCCO4)C2)c1. The van der Waals surface area contributed by atoms with Crippen LogP contribution in [-0.2, 0) is 9.59 Å². The van der Waals surface area contributed by atoms with E-state index in [1.165, 1.54) is 0 Å². The summed E-state index contributed by atoms with van der Waals surface area (Å²) < 4.78 is 11.1. The first-order chi connectivity index (χ1) is 13.0. The molecule has 0 bridgehead atoms. The molecule has 6 nitrogen and oxygen atoms in total. The molecule has 2 heterocycles. The molecule has 0 unspecified atom stereocenters. The summed E-state index contributed by atoms with van der Waals surface area (Å²) in [5, 5.41) is 2.97. The van der Waals surface area contributed by atoms with Crippen LogP contribution in [0.2, 0.25) is 0 Å². The third-order valence-electron chi connectivity index (χ3n) is 4.98. The van der Waals surface area contributed by atoms with Crippen molar-refractivity contribution in [2.24, 2.45) is 5.92 Å². The normalized spacial score (nSPS) is 18.5. The molecule has 2 aromatic carbocycles. The molecule has 2 aromatic rings. The maximum atomic E-state index is 12.7. The van der Waals surface area contributed by atoms with Gasteiger partial charge in [-0.2, -0.15) is 0 Å². The Bertz CT molecular complexity index is 909. The molecule has 2 amide bonds. The largest absolute Gasteiger partial charge is 0.486 e. The molecule has 1 N–H and O–H groups in total. The van der Waals surface area contributed by atoms with Gasteiger partial charge in [0.2, 0.25) is 11.8 Å². The number of carbonyl (C=O) groups is 2. The first kappa shape index (κ1) is 17.4. The van der Waals surface area contributed by atoms with Crippen LogP contribution in [0.15, 0.2) is 36.4 Å². The third kappa shape index (κ3) is 3.47. The van der Waals surface area contributed by atoms with E-state index in [0.29, 0.717) is 31.3 Å². The Hall–Kier alpha value is -3.02. The number of aryl methyl sites for hydroxylation is 2. The van der Waals surface area contributed by atoms with E-state index in [-0.39, 0.29) is 24.2 Å². The Morgan fingerprint density at radius 1 is 1.07 bits per heavy atom. The van der Waals surface area contributed by atoms with Crippen molar-refractivity contribution in [3.63, 3.8) is 0 Å². The van der Waals surface area contributed by atoms with Gasteiger partial charge in [0.25, 0.3) is 0 Å². The second-order valence-corrected chi connectivity index (χ2v) is 7.04. The minimum Gasteiger partial charge on any atom is -0.486 e. The van der Waals surface area contributed by atoms with E-state index in [2.05, 4.69) is 5.32 Å². The fraction of sp³-hybridized carbons (Fsp3) is 0.333. The maximum Gasteiger partial charge on any atom is 0.229 e. The van der Waals surface area contributed by atoms with Crippen molar-refractivity contribution in [1.82, 2.24) is 0 Å². The van der Waals surface area contributed by atoms with Crippen LogP contribution in [0, 0.1) is 19.8 Å². The zero-order valence-corrected chi connectivity index (χ0v) is 15.5. The summed E-state index contributed by atoms with van der Waals surface area (Å²) in [5.74, 6) is 0.742. The van der Waals surface area contributed by atoms with Crippen LogP contribution in [0.3, 0.4) is 0 Å². The number of rotatable bonds is 3. The van der Waals surface area contributed by atoms with Gasteiger partial charge in [-0.25, -0.2) is 0 Å². The van der Waals surface area contributed by atoms with Gasteiger partial charge in [-0.15, -0.1) is 0 Å². The van der Waals surface area contributed by atoms with Crippen LogP contribution in [0.4, 0.5) is 11.4 Å². The van der Waals surface area contributed by atoms with E-state index in [1.54, 1.807) is 17.0 Å². The molecule has 1 atom stereocenters. The van der Waals surface area contributed by atoms with Crippen molar-refractivity contribution in [1.29, 1.82) is 0 Å². The van der Waals surface area contributed by atoms with Crippen LogP contribution < -0.4 is 19.7 Å². The molecule has 0 saturated carbocycles. The minimum absolute atomic E-state index is 0.0622. The van der Waals surface area contributed by atoms with Crippen LogP contribution in [0.5, 0.6) is 11.5 Å². The van der Waals surface area contributed by atoms with E-state index in [9.17, 15) is 9.59 Å². The molecular weight excluding hydrogens is 344 g/mol. The Morgan fingerprint density at radius 2 is 1.85 bits per heavy atom. The fourth-order valence-corrected chi connectivity index (χ4v) is 3.44. The molecule has 0 spiro atoms. The van der Waals surface area contributed by atoms with Gasteiger partial charge in [-0.05, 0) is 43.2 Å². The van der Waals surface area contributed by atoms with Crippen LogP contribution in [0.25, 0.3) is 0 Å². The van der Waals surface area contributed by atoms with Crippen molar-refractivity contribution < 1.29 is 19.1 Å². The molecule has 0 radical (unpaired) electrons. The summed E-state index contributed by atoms with van der Waals surface area (Å²) in [7, 11) is 0. The predicted octanol–water partition coefficient (Wildman–Crippen LogP) is 3.07. The number of fused-ring (bicyclic) bond motifs is 1. The van der Waals surface area contributed by atoms with Crippen LogP contribution in [0.1, 0.15) is 17.5 Å². The average molecular weight is 366 g/mol. The number of carbonyl (C=O) groups excluding carboxylic acids is 2. The quantitative estimate of drug-likeness (QED) is 0.907. The third-order valence-corrected chi connectivity index (χ3v) is 4.98. The second-order valence-electron chi connectivity index (χ2n) is 7.04. The molecule has 6 heteroatoms. The van der Waals surface area contributed by atoms with Crippen molar-refractivity contribution in [3.8, 4) is 11.5 Å². The number of hydrogen-bond acceptors (Lipinski definition) is 4. The Morgan fingerprint density at radius 3 is 2.67 bits per heavy atom. The van der Waals surface area contributed by atoms with Crippen molar-refractivity contribution >= 4 is 23.2 Å². The lowest BCUT2D eigenvalue weighted by Crippen LogP contribution is -2.28. The molecular formula is C21H22N2O4. The second kappa shape index (κ2) is 6.95. The zero-order chi connectivity index (χ0) is 19.0. The van der Waals surface area contributed by atoms with Gasteiger partial charge in [-0.3, -0.25) is 9.59 Å². The van der Waals surface area contributed by atoms with Gasteiger partial charge in [0.1, 0.15) is 13.2 Å². The van der Waals surface area contributed by atoms with Crippen molar-refractivity contribution in [2.75, 3.05) is 30.0 Å². The van der Waals surface area contributed by atoms with Crippen LogP contribution in [-0.4, -0.2) is 31.6 Å². The fourth-order valence-electron chi connectivity index (χ4n) is 3.44. The molecule has 0 aliphatic carbocycles. The van der Waals surface area contributed by atoms with E-state index in [4.69, 9.17) is 9.47 Å². The number of nitrogens with zero attached hydrogens (tertiary/aromatic N) is 1. The zero-order valence-electron chi connectivity index (χ0n) is 15.5. The highest BCUT2D eigenvalue weighted by atomic mass is 16.6. The highest BCUT2D eigenvalue weighted by Crippen LogP contribution is 2.36. The van der Waals surface area contributed by atoms with Crippen LogP contribution >= 0.6 is 0 Å². The van der Waals surface area contributed by atoms with E-state index >= 15 is 0 Å². The average Bonchev–Trinajstić information content (AvgIpc) is 3.06. The summed E-state index contributed by atoms with van der Waals surface area (Å²) in [5.41, 5.74) is 3.61. The van der Waals surface area contributed by atoms with Gasteiger partial charge >= 0.3 is 0 Å². The van der Waals surface area contributed by atoms with Gasteiger partial charge in [-0.1, -0.05) is 12.1 Å². The van der Waals surface area contributed by atoms with Gasteiger partial charge < -0.3 is 19.7 Å². The number of anilines is 2. The Balaban J connectivity index is 1.49. The highest BCUT2D eigenvalue weighted by Gasteiger charge is 2.35. The van der Waals surface area contributed by atoms with Gasteiger partial charge in [0.15, 0.2) is 11.5 Å². The number of hydrogen-bond donors (Lipinski definition) is 1. The first-order valence-electron chi connectivity index (χ1n) is 9.09. The minimum atomic E-state index is -0.384. The molecule has 1 fully saturated rings. The molecule has 4 rings (SSSR count). The summed E-state index contributed by atoms with van der Waals surface area (Å²) in [6, 6.07) is 11.4. The molecule has 140 valence electrons. The molecule has 27 heavy (non-hydrogen) atoms. The summed E-state index contributed by atoms with van der Waals surface area (Å²) in [6.45, 7) is 5.31.